The van der Waals surface area contributed by atoms with Crippen molar-refractivity contribution in [1.29, 1.82) is 0 Å². The number of thiophene rings is 1. The van der Waals surface area contributed by atoms with E-state index in [1.165, 1.54) is 15.8 Å². The number of furan rings is 1. The van der Waals surface area contributed by atoms with Gasteiger partial charge < -0.3 is 9.32 Å². The van der Waals surface area contributed by atoms with Gasteiger partial charge in [0.05, 0.1) is 15.9 Å². The highest BCUT2D eigenvalue weighted by Gasteiger charge is 2.19. The first-order valence-electron chi connectivity index (χ1n) is 17.0. The fraction of sp³-hybridized carbons (Fsp3) is 0. The average molecular weight is 672 g/mol. The molecule has 0 unspecified atom stereocenters. The molecule has 0 bridgehead atoms. The van der Waals surface area contributed by atoms with Crippen molar-refractivity contribution in [2.75, 3.05) is 4.90 Å². The summed E-state index contributed by atoms with van der Waals surface area (Å²) >= 11 is 1.74. The van der Waals surface area contributed by atoms with Gasteiger partial charge in [0.1, 0.15) is 11.2 Å². The molecule has 0 radical (unpaired) electrons. The summed E-state index contributed by atoms with van der Waals surface area (Å²) in [5.41, 5.74) is 11.2. The Morgan fingerprint density at radius 2 is 1.06 bits per heavy atom. The first-order chi connectivity index (χ1) is 25.3. The second kappa shape index (κ2) is 12.1. The average Bonchev–Trinajstić information content (AvgIpc) is 3.77. The van der Waals surface area contributed by atoms with E-state index in [1.807, 2.05) is 24.3 Å². The second-order valence-corrected chi connectivity index (χ2v) is 13.7. The van der Waals surface area contributed by atoms with E-state index >= 15 is 0 Å². The Hall–Kier alpha value is -6.56. The number of hydrogen-bond donors (Lipinski definition) is 0. The van der Waals surface area contributed by atoms with Gasteiger partial charge in [-0.1, -0.05) is 115 Å². The van der Waals surface area contributed by atoms with Crippen LogP contribution in [0, 0.1) is 0 Å². The van der Waals surface area contributed by atoms with Crippen molar-refractivity contribution in [3.63, 3.8) is 0 Å². The molecule has 0 aliphatic heterocycles. The van der Waals surface area contributed by atoms with Crippen molar-refractivity contribution >= 4 is 70.6 Å². The first kappa shape index (κ1) is 29.4. The number of para-hydroxylation sites is 1. The normalized spacial score (nSPS) is 11.5. The van der Waals surface area contributed by atoms with Gasteiger partial charge in [-0.05, 0) is 71.8 Å². The topological polar surface area (TPSA) is 42.2 Å². The summed E-state index contributed by atoms with van der Waals surface area (Å²) in [5.74, 6) is 0.716. The van der Waals surface area contributed by atoms with E-state index in [9.17, 15) is 0 Å². The summed E-state index contributed by atoms with van der Waals surface area (Å²) in [5, 5.41) is 3.27. The minimum atomic E-state index is 0.716. The maximum absolute atomic E-state index is 6.55. The lowest BCUT2D eigenvalue weighted by Gasteiger charge is -2.25. The van der Waals surface area contributed by atoms with Crippen molar-refractivity contribution in [2.45, 2.75) is 0 Å². The molecule has 0 aliphatic carbocycles. The van der Waals surface area contributed by atoms with Gasteiger partial charge >= 0.3 is 0 Å². The fourth-order valence-electron chi connectivity index (χ4n) is 7.01. The molecular formula is C46H29N3OS. The molecule has 0 atom stereocenters. The van der Waals surface area contributed by atoms with Crippen LogP contribution in [0.25, 0.3) is 76.0 Å². The molecule has 51 heavy (non-hydrogen) atoms. The molecule has 3 heterocycles. The molecule has 0 N–H and O–H groups in total. The number of hydrogen-bond acceptors (Lipinski definition) is 5. The number of anilines is 3. The Morgan fingerprint density at radius 3 is 1.84 bits per heavy atom. The lowest BCUT2D eigenvalue weighted by molar-refractivity contribution is 0.669. The van der Waals surface area contributed by atoms with Crippen LogP contribution in [0.3, 0.4) is 0 Å². The Bertz CT molecular complexity index is 2840. The van der Waals surface area contributed by atoms with E-state index < -0.39 is 0 Å². The Morgan fingerprint density at radius 1 is 0.431 bits per heavy atom. The lowest BCUT2D eigenvalue weighted by atomic mass is 10.0. The first-order valence-corrected chi connectivity index (χ1v) is 17.8. The Balaban J connectivity index is 1.10. The predicted molar refractivity (Wildman–Crippen MR) is 213 cm³/mol. The number of fused-ring (bicyclic) bond motifs is 6. The molecule has 0 amide bonds. The van der Waals surface area contributed by atoms with Crippen LogP contribution in [0.4, 0.5) is 17.1 Å². The molecule has 240 valence electrons. The summed E-state index contributed by atoms with van der Waals surface area (Å²) in [6.45, 7) is 0. The molecule has 10 aromatic rings. The number of rotatable bonds is 6. The second-order valence-electron chi connectivity index (χ2n) is 12.6. The highest BCUT2D eigenvalue weighted by molar-refractivity contribution is 7.26. The molecule has 5 heteroatoms. The third-order valence-electron chi connectivity index (χ3n) is 9.49. The minimum absolute atomic E-state index is 0.716. The molecule has 3 aromatic heterocycles. The van der Waals surface area contributed by atoms with Gasteiger partial charge in [-0.2, -0.15) is 0 Å². The van der Waals surface area contributed by atoms with E-state index in [0.717, 1.165) is 71.4 Å². The van der Waals surface area contributed by atoms with Crippen molar-refractivity contribution < 1.29 is 4.42 Å². The SMILES string of the molecule is c1ccc(-c2ccc(N(c3ccccc3)c3ccc4oc5cc(-c6nc(-c7ccccc7)nc7c6sc6ccccc67)ccc5c4c3)cc2)cc1. The number of benzene rings is 7. The van der Waals surface area contributed by atoms with Gasteiger partial charge in [0, 0.05) is 49.0 Å². The van der Waals surface area contributed by atoms with Crippen LogP contribution in [0.1, 0.15) is 0 Å². The van der Waals surface area contributed by atoms with Gasteiger partial charge in [0.25, 0.3) is 0 Å². The third-order valence-corrected chi connectivity index (χ3v) is 10.7. The zero-order valence-electron chi connectivity index (χ0n) is 27.4. The highest BCUT2D eigenvalue weighted by atomic mass is 32.1. The van der Waals surface area contributed by atoms with Crippen molar-refractivity contribution in [3.05, 3.63) is 176 Å². The summed E-state index contributed by atoms with van der Waals surface area (Å²) in [4.78, 5) is 12.6. The summed E-state index contributed by atoms with van der Waals surface area (Å²) < 4.78 is 8.82. The predicted octanol–water partition coefficient (Wildman–Crippen LogP) is 13.2. The standard InChI is InChI=1S/C46H29N3OS/c1-4-12-30(13-5-1)31-20-23-35(24-21-31)49(34-16-8-3-9-17-34)36-25-27-40-39(29-36)37-26-22-33(28-41(37)50-40)43-45-44(38-18-10-11-19-42(38)51-45)48-46(47-43)32-14-6-2-7-15-32/h1-29H. The van der Waals surface area contributed by atoms with Gasteiger partial charge in [-0.15, -0.1) is 11.3 Å². The highest BCUT2D eigenvalue weighted by Crippen LogP contribution is 2.42. The van der Waals surface area contributed by atoms with Crippen molar-refractivity contribution in [2.24, 2.45) is 0 Å². The van der Waals surface area contributed by atoms with Crippen LogP contribution in [0.2, 0.25) is 0 Å². The van der Waals surface area contributed by atoms with Crippen molar-refractivity contribution in [3.8, 4) is 33.8 Å². The van der Waals surface area contributed by atoms with Crippen LogP contribution in [-0.2, 0) is 0 Å². The van der Waals surface area contributed by atoms with Crippen LogP contribution in [-0.4, -0.2) is 9.97 Å². The maximum Gasteiger partial charge on any atom is 0.160 e. The summed E-state index contributed by atoms with van der Waals surface area (Å²) in [6, 6.07) is 61.4. The molecule has 0 spiro atoms. The molecule has 10 rings (SSSR count). The zero-order chi connectivity index (χ0) is 33.7. The molecule has 0 aliphatic rings. The molecule has 0 saturated heterocycles. The fourth-order valence-corrected chi connectivity index (χ4v) is 8.17. The smallest absolute Gasteiger partial charge is 0.160 e. The Labute approximate surface area is 298 Å². The van der Waals surface area contributed by atoms with E-state index in [0.29, 0.717) is 5.82 Å². The van der Waals surface area contributed by atoms with Gasteiger partial charge in [-0.25, -0.2) is 9.97 Å². The number of aromatic nitrogens is 2. The van der Waals surface area contributed by atoms with Crippen molar-refractivity contribution in [1.82, 2.24) is 9.97 Å². The van der Waals surface area contributed by atoms with Crippen LogP contribution >= 0.6 is 11.3 Å². The minimum Gasteiger partial charge on any atom is -0.456 e. The van der Waals surface area contributed by atoms with Crippen LogP contribution in [0.15, 0.2) is 180 Å². The number of nitrogens with zero attached hydrogens (tertiary/aromatic N) is 3. The van der Waals surface area contributed by atoms with Gasteiger partial charge in [-0.3, -0.25) is 0 Å². The molecular weight excluding hydrogens is 643 g/mol. The molecule has 0 fully saturated rings. The van der Waals surface area contributed by atoms with E-state index in [2.05, 4.69) is 157 Å². The Kier molecular flexibility index (Phi) is 6.96. The monoisotopic (exact) mass is 671 g/mol. The van der Waals surface area contributed by atoms with E-state index in [-0.39, 0.29) is 0 Å². The van der Waals surface area contributed by atoms with Gasteiger partial charge in [0.15, 0.2) is 5.82 Å². The lowest BCUT2D eigenvalue weighted by Crippen LogP contribution is -2.09. The van der Waals surface area contributed by atoms with E-state index in [4.69, 9.17) is 14.4 Å². The molecule has 7 aromatic carbocycles. The quantitative estimate of drug-likeness (QED) is 0.176. The summed E-state index contributed by atoms with van der Waals surface area (Å²) in [7, 11) is 0. The third kappa shape index (κ3) is 5.14. The largest absolute Gasteiger partial charge is 0.456 e. The maximum atomic E-state index is 6.55. The van der Waals surface area contributed by atoms with E-state index in [1.54, 1.807) is 11.3 Å². The van der Waals surface area contributed by atoms with Crippen LogP contribution < -0.4 is 4.90 Å². The zero-order valence-corrected chi connectivity index (χ0v) is 28.2. The summed E-state index contributed by atoms with van der Waals surface area (Å²) in [6.07, 6.45) is 0. The van der Waals surface area contributed by atoms with Gasteiger partial charge in [0.2, 0.25) is 0 Å². The molecule has 4 nitrogen and oxygen atoms in total. The van der Waals surface area contributed by atoms with Crippen LogP contribution in [0.5, 0.6) is 0 Å². The molecule has 0 saturated carbocycles.